The minimum Gasteiger partial charge on any atom is -0.339 e. The first-order chi connectivity index (χ1) is 20.8. The molecule has 3 aromatic carbocycles. The number of carbonyl (C=O) groups is 2. The Morgan fingerprint density at radius 2 is 1.73 bits per heavy atom. The van der Waals surface area contributed by atoms with E-state index >= 15 is 0 Å². The SMILES string of the molecule is Cc1ccc(N(C(=O)C(F)(F)F)c2cc(-n3cnc(C=O)c3)cc(C(F)(F)F)c2)cc1-c1ccc2c(c1)[nH]c1ncncc12. The smallest absolute Gasteiger partial charge is 0.339 e. The predicted octanol–water partition coefficient (Wildman–Crippen LogP) is 7.33. The molecule has 3 aromatic heterocycles. The van der Waals surface area contributed by atoms with Crippen molar-refractivity contribution in [1.82, 2.24) is 24.5 Å². The molecule has 6 rings (SSSR count). The Morgan fingerprint density at radius 1 is 0.932 bits per heavy atom. The van der Waals surface area contributed by atoms with Crippen LogP contribution in [-0.2, 0) is 11.0 Å². The van der Waals surface area contributed by atoms with Crippen molar-refractivity contribution in [3.8, 4) is 16.8 Å². The Balaban J connectivity index is 1.53. The van der Waals surface area contributed by atoms with Gasteiger partial charge in [-0.1, -0.05) is 18.2 Å². The van der Waals surface area contributed by atoms with E-state index in [0.717, 1.165) is 33.9 Å². The molecule has 0 aliphatic carbocycles. The first kappa shape index (κ1) is 28.6. The number of benzene rings is 3. The van der Waals surface area contributed by atoms with Gasteiger partial charge in [-0.2, -0.15) is 26.3 Å². The molecule has 0 unspecified atom stereocenters. The van der Waals surface area contributed by atoms with E-state index in [-0.39, 0.29) is 22.0 Å². The van der Waals surface area contributed by atoms with E-state index in [4.69, 9.17) is 0 Å². The summed E-state index contributed by atoms with van der Waals surface area (Å²) in [4.78, 5) is 39.3. The summed E-state index contributed by atoms with van der Waals surface area (Å²) in [7, 11) is 0. The van der Waals surface area contributed by atoms with Gasteiger partial charge in [0.25, 0.3) is 0 Å². The lowest BCUT2D eigenvalue weighted by molar-refractivity contribution is -0.169. The maximum Gasteiger partial charge on any atom is 0.472 e. The standard InChI is InChI=1S/C30H18F6N6O2/c1-16-2-4-20(10-24(16)17-3-5-23-25-11-37-14-38-27(25)40-26(23)6-17)42(28(44)30(34,35)36)22-8-18(29(31,32)33)7-21(9-22)41-12-19(13-43)39-15-41/h2-15H,1H3,(H,37,38,40). The van der Waals surface area contributed by atoms with Crippen LogP contribution >= 0.6 is 0 Å². The third-order valence-electron chi connectivity index (χ3n) is 7.02. The average Bonchev–Trinajstić information content (AvgIpc) is 3.61. The topological polar surface area (TPSA) is 96.8 Å². The number of imidazole rings is 1. The summed E-state index contributed by atoms with van der Waals surface area (Å²) in [5.74, 6) is -2.40. The molecule has 0 atom stereocenters. The number of halogens is 6. The molecule has 3 heterocycles. The van der Waals surface area contributed by atoms with Crippen molar-refractivity contribution in [3.05, 3.63) is 96.5 Å². The highest BCUT2D eigenvalue weighted by Crippen LogP contribution is 2.40. The fraction of sp³-hybridized carbons (Fsp3) is 0.100. The van der Waals surface area contributed by atoms with Gasteiger partial charge in [-0.25, -0.2) is 15.0 Å². The molecule has 6 aromatic rings. The molecule has 222 valence electrons. The molecule has 1 amide bonds. The van der Waals surface area contributed by atoms with Crippen LogP contribution in [-0.4, -0.2) is 42.9 Å². The summed E-state index contributed by atoms with van der Waals surface area (Å²) < 4.78 is 84.8. The van der Waals surface area contributed by atoms with E-state index in [1.807, 2.05) is 0 Å². The molecule has 0 fully saturated rings. The molecule has 14 heteroatoms. The summed E-state index contributed by atoms with van der Waals surface area (Å²) in [5.41, 5.74) is 0.176. The van der Waals surface area contributed by atoms with Crippen LogP contribution in [0.1, 0.15) is 21.6 Å². The van der Waals surface area contributed by atoms with E-state index in [0.29, 0.717) is 46.3 Å². The first-order valence-electron chi connectivity index (χ1n) is 12.8. The second kappa shape index (κ2) is 10.3. The van der Waals surface area contributed by atoms with Crippen LogP contribution in [0.2, 0.25) is 0 Å². The normalized spacial score (nSPS) is 12.2. The molecule has 0 radical (unpaired) electrons. The third-order valence-corrected chi connectivity index (χ3v) is 7.02. The molecule has 44 heavy (non-hydrogen) atoms. The highest BCUT2D eigenvalue weighted by molar-refractivity contribution is 6.07. The zero-order valence-electron chi connectivity index (χ0n) is 22.4. The minimum atomic E-state index is -5.44. The largest absolute Gasteiger partial charge is 0.472 e. The number of amides is 1. The van der Waals surface area contributed by atoms with Gasteiger partial charge in [0.05, 0.1) is 11.3 Å². The van der Waals surface area contributed by atoms with Crippen LogP contribution in [0, 0.1) is 6.92 Å². The maximum absolute atomic E-state index is 14.0. The minimum absolute atomic E-state index is 0.116. The average molecular weight is 609 g/mol. The lowest BCUT2D eigenvalue weighted by atomic mass is 9.98. The van der Waals surface area contributed by atoms with Gasteiger partial charge in [-0.3, -0.25) is 14.5 Å². The van der Waals surface area contributed by atoms with Gasteiger partial charge in [-0.15, -0.1) is 0 Å². The Labute approximate surface area is 243 Å². The van der Waals surface area contributed by atoms with E-state index in [9.17, 15) is 35.9 Å². The van der Waals surface area contributed by atoms with Crippen molar-refractivity contribution in [2.45, 2.75) is 19.3 Å². The zero-order chi connectivity index (χ0) is 31.4. The van der Waals surface area contributed by atoms with Crippen molar-refractivity contribution in [2.24, 2.45) is 0 Å². The van der Waals surface area contributed by atoms with E-state index in [1.54, 1.807) is 31.3 Å². The van der Waals surface area contributed by atoms with Crippen LogP contribution in [0.25, 0.3) is 38.8 Å². The number of carbonyl (C=O) groups excluding carboxylic acids is 2. The van der Waals surface area contributed by atoms with Gasteiger partial charge in [0.15, 0.2) is 6.29 Å². The number of anilines is 2. The van der Waals surface area contributed by atoms with Gasteiger partial charge >= 0.3 is 18.3 Å². The molecule has 0 aliphatic rings. The van der Waals surface area contributed by atoms with Crippen LogP contribution in [0.4, 0.5) is 37.7 Å². The Hall–Kier alpha value is -5.53. The Morgan fingerprint density at radius 3 is 2.43 bits per heavy atom. The molecule has 0 aliphatic heterocycles. The van der Waals surface area contributed by atoms with Crippen molar-refractivity contribution < 1.29 is 35.9 Å². The number of hydrogen-bond acceptors (Lipinski definition) is 5. The van der Waals surface area contributed by atoms with E-state index in [1.165, 1.54) is 24.5 Å². The summed E-state index contributed by atoms with van der Waals surface area (Å²) in [6.07, 6.45) is -4.90. The Bertz CT molecular complexity index is 2080. The zero-order valence-corrected chi connectivity index (χ0v) is 22.4. The molecule has 1 N–H and O–H groups in total. The van der Waals surface area contributed by atoms with E-state index in [2.05, 4.69) is 19.9 Å². The number of nitrogens with one attached hydrogen (secondary N) is 1. The second-order valence-electron chi connectivity index (χ2n) is 9.87. The molecule has 8 nitrogen and oxygen atoms in total. The number of aromatic nitrogens is 5. The molecular weight excluding hydrogens is 590 g/mol. The van der Waals surface area contributed by atoms with Crippen molar-refractivity contribution in [2.75, 3.05) is 4.90 Å². The lowest BCUT2D eigenvalue weighted by Gasteiger charge is -2.26. The second-order valence-corrected chi connectivity index (χ2v) is 9.87. The summed E-state index contributed by atoms with van der Waals surface area (Å²) in [5, 5.41) is 1.57. The highest BCUT2D eigenvalue weighted by Gasteiger charge is 2.44. The Kier molecular flexibility index (Phi) is 6.71. The van der Waals surface area contributed by atoms with Crippen LogP contribution in [0.3, 0.4) is 0 Å². The number of rotatable bonds is 5. The number of aromatic amines is 1. The summed E-state index contributed by atoms with van der Waals surface area (Å²) >= 11 is 0. The van der Waals surface area contributed by atoms with Gasteiger partial charge in [-0.05, 0) is 60.0 Å². The van der Waals surface area contributed by atoms with Gasteiger partial charge in [0.2, 0.25) is 0 Å². The van der Waals surface area contributed by atoms with Gasteiger partial charge in [0.1, 0.15) is 24.0 Å². The van der Waals surface area contributed by atoms with Crippen molar-refractivity contribution in [3.63, 3.8) is 0 Å². The molecular formula is C30H18F6N6O2. The number of aryl methyl sites for hydroxylation is 1. The number of H-pyrrole nitrogens is 1. The fourth-order valence-corrected chi connectivity index (χ4v) is 4.95. The van der Waals surface area contributed by atoms with Gasteiger partial charge < -0.3 is 9.55 Å². The number of aldehydes is 1. The molecule has 0 saturated carbocycles. The van der Waals surface area contributed by atoms with Crippen molar-refractivity contribution in [1.29, 1.82) is 0 Å². The number of hydrogen-bond donors (Lipinski definition) is 1. The first-order valence-corrected chi connectivity index (χ1v) is 12.8. The lowest BCUT2D eigenvalue weighted by Crippen LogP contribution is -2.38. The fourth-order valence-electron chi connectivity index (χ4n) is 4.95. The molecule has 0 saturated heterocycles. The predicted molar refractivity (Wildman–Crippen MR) is 149 cm³/mol. The molecule has 0 bridgehead atoms. The van der Waals surface area contributed by atoms with Crippen LogP contribution < -0.4 is 4.90 Å². The van der Waals surface area contributed by atoms with Gasteiger partial charge in [0, 0.05) is 40.1 Å². The summed E-state index contributed by atoms with van der Waals surface area (Å²) in [6, 6.07) is 11.4. The quantitative estimate of drug-likeness (QED) is 0.163. The van der Waals surface area contributed by atoms with Crippen LogP contribution in [0.5, 0.6) is 0 Å². The third kappa shape index (κ3) is 5.14. The van der Waals surface area contributed by atoms with Crippen molar-refractivity contribution >= 4 is 45.5 Å². The number of fused-ring (bicyclic) bond motifs is 3. The monoisotopic (exact) mass is 608 g/mol. The number of nitrogens with zero attached hydrogens (tertiary/aromatic N) is 5. The maximum atomic E-state index is 14.0. The summed E-state index contributed by atoms with van der Waals surface area (Å²) in [6.45, 7) is 1.71. The number of alkyl halides is 6. The van der Waals surface area contributed by atoms with Crippen LogP contribution in [0.15, 0.2) is 79.6 Å². The van der Waals surface area contributed by atoms with E-state index < -0.39 is 29.5 Å². The molecule has 0 spiro atoms. The highest BCUT2D eigenvalue weighted by atomic mass is 19.4.